The molecule has 3 heteroatoms. The van der Waals surface area contributed by atoms with E-state index in [1.54, 1.807) is 0 Å². The molecule has 1 aromatic carbocycles. The maximum atomic E-state index is 12.0. The summed E-state index contributed by atoms with van der Waals surface area (Å²) in [5, 5.41) is 6.22. The number of benzene rings is 1. The molecule has 0 aliphatic rings. The molecule has 0 spiro atoms. The molecule has 0 aromatic heterocycles. The fourth-order valence-electron chi connectivity index (χ4n) is 2.12. The Bertz CT molecular complexity index is 432. The molecular formula is C18H30N2O. The van der Waals surface area contributed by atoms with Crippen LogP contribution in [0.5, 0.6) is 0 Å². The number of unbranched alkanes of at least 4 members (excludes halogenated alkanes) is 2. The summed E-state index contributed by atoms with van der Waals surface area (Å²) in [5.41, 5.74) is 2.43. The fourth-order valence-corrected chi connectivity index (χ4v) is 2.12. The number of anilines is 1. The third-order valence-corrected chi connectivity index (χ3v) is 3.61. The second-order valence-electron chi connectivity index (χ2n) is 6.69. The molecule has 0 saturated carbocycles. The van der Waals surface area contributed by atoms with Crippen LogP contribution in [0.2, 0.25) is 0 Å². The van der Waals surface area contributed by atoms with Gasteiger partial charge >= 0.3 is 0 Å². The smallest absolute Gasteiger partial charge is 0.242 e. The average molecular weight is 290 g/mol. The molecule has 0 bridgehead atoms. The first kappa shape index (κ1) is 17.5. The summed E-state index contributed by atoms with van der Waals surface area (Å²) < 4.78 is 0. The van der Waals surface area contributed by atoms with Crippen LogP contribution in [0.25, 0.3) is 0 Å². The van der Waals surface area contributed by atoms with Gasteiger partial charge in [0.05, 0.1) is 0 Å². The molecule has 0 aliphatic heterocycles. The number of carbonyl (C=O) groups excluding carboxylic acids is 1. The molecule has 118 valence electrons. The summed E-state index contributed by atoms with van der Waals surface area (Å²) in [6.45, 7) is 11.4. The molecule has 21 heavy (non-hydrogen) atoms. The van der Waals surface area contributed by atoms with Crippen molar-refractivity contribution in [1.29, 1.82) is 0 Å². The zero-order chi connectivity index (χ0) is 15.9. The van der Waals surface area contributed by atoms with Gasteiger partial charge in [-0.05, 0) is 36.5 Å². The molecule has 0 heterocycles. The minimum absolute atomic E-state index is 0.0611. The van der Waals surface area contributed by atoms with Crippen LogP contribution in [0.1, 0.15) is 59.4 Å². The lowest BCUT2D eigenvalue weighted by Gasteiger charge is -2.20. The third kappa shape index (κ3) is 6.19. The van der Waals surface area contributed by atoms with Crippen LogP contribution in [0, 0.1) is 0 Å². The van der Waals surface area contributed by atoms with Crippen molar-refractivity contribution < 1.29 is 4.79 Å². The highest BCUT2D eigenvalue weighted by Crippen LogP contribution is 2.23. The lowest BCUT2D eigenvalue weighted by molar-refractivity contribution is -0.121. The number of hydrogen-bond acceptors (Lipinski definition) is 2. The van der Waals surface area contributed by atoms with Gasteiger partial charge in [0, 0.05) is 12.2 Å². The van der Waals surface area contributed by atoms with Gasteiger partial charge in [-0.15, -0.1) is 0 Å². The van der Waals surface area contributed by atoms with Crippen molar-refractivity contribution in [2.75, 3.05) is 11.9 Å². The van der Waals surface area contributed by atoms with E-state index in [0.717, 1.165) is 25.1 Å². The van der Waals surface area contributed by atoms with E-state index in [2.05, 4.69) is 50.5 Å². The van der Waals surface area contributed by atoms with Gasteiger partial charge in [0.2, 0.25) is 5.91 Å². The van der Waals surface area contributed by atoms with Crippen LogP contribution in [0.3, 0.4) is 0 Å². The van der Waals surface area contributed by atoms with Crippen molar-refractivity contribution in [2.45, 2.75) is 65.3 Å². The Hall–Kier alpha value is -1.51. The molecule has 0 radical (unpaired) electrons. The van der Waals surface area contributed by atoms with Crippen molar-refractivity contribution >= 4 is 11.6 Å². The SMILES string of the molecule is CCCCCNC(=O)C(C)Nc1ccc(C(C)(C)C)cc1. The molecule has 1 amide bonds. The normalized spacial score (nSPS) is 12.8. The van der Waals surface area contributed by atoms with Crippen LogP contribution in [-0.2, 0) is 10.2 Å². The van der Waals surface area contributed by atoms with Crippen LogP contribution < -0.4 is 10.6 Å². The molecule has 1 unspecified atom stereocenters. The molecule has 0 saturated heterocycles. The predicted octanol–water partition coefficient (Wildman–Crippen LogP) is 4.09. The van der Waals surface area contributed by atoms with Gasteiger partial charge in [-0.3, -0.25) is 4.79 Å². The lowest BCUT2D eigenvalue weighted by atomic mass is 9.87. The number of rotatable bonds is 7. The Morgan fingerprint density at radius 2 is 1.76 bits per heavy atom. The Balaban J connectivity index is 2.47. The topological polar surface area (TPSA) is 41.1 Å². The van der Waals surface area contributed by atoms with Crippen LogP contribution in [0.15, 0.2) is 24.3 Å². The van der Waals surface area contributed by atoms with E-state index in [0.29, 0.717) is 0 Å². The van der Waals surface area contributed by atoms with Gasteiger partial charge < -0.3 is 10.6 Å². The molecule has 1 atom stereocenters. The van der Waals surface area contributed by atoms with E-state index in [4.69, 9.17) is 0 Å². The molecule has 0 fully saturated rings. The molecule has 3 nitrogen and oxygen atoms in total. The van der Waals surface area contributed by atoms with E-state index in [1.807, 2.05) is 19.1 Å². The molecule has 1 rings (SSSR count). The first-order valence-corrected chi connectivity index (χ1v) is 7.99. The Labute approximate surface area is 129 Å². The molecule has 2 N–H and O–H groups in total. The maximum Gasteiger partial charge on any atom is 0.242 e. The fraction of sp³-hybridized carbons (Fsp3) is 0.611. The van der Waals surface area contributed by atoms with Crippen molar-refractivity contribution in [2.24, 2.45) is 0 Å². The molecule has 0 aliphatic carbocycles. The van der Waals surface area contributed by atoms with Crippen LogP contribution in [-0.4, -0.2) is 18.5 Å². The summed E-state index contributed by atoms with van der Waals surface area (Å²) in [4.78, 5) is 12.0. The van der Waals surface area contributed by atoms with Crippen LogP contribution in [0.4, 0.5) is 5.69 Å². The zero-order valence-corrected chi connectivity index (χ0v) is 14.1. The van der Waals surface area contributed by atoms with E-state index in [9.17, 15) is 4.79 Å². The summed E-state index contributed by atoms with van der Waals surface area (Å²) in [6.07, 6.45) is 3.38. The van der Waals surface area contributed by atoms with Crippen molar-refractivity contribution in [3.05, 3.63) is 29.8 Å². The van der Waals surface area contributed by atoms with E-state index < -0.39 is 0 Å². The first-order valence-electron chi connectivity index (χ1n) is 7.99. The average Bonchev–Trinajstić information content (AvgIpc) is 2.43. The minimum Gasteiger partial charge on any atom is -0.374 e. The van der Waals surface area contributed by atoms with Crippen molar-refractivity contribution in [1.82, 2.24) is 5.32 Å². The number of amides is 1. The van der Waals surface area contributed by atoms with Crippen molar-refractivity contribution in [3.63, 3.8) is 0 Å². The summed E-state index contributed by atoms with van der Waals surface area (Å²) >= 11 is 0. The standard InChI is InChI=1S/C18H30N2O/c1-6-7-8-13-19-17(21)14(2)20-16-11-9-15(10-12-16)18(3,4)5/h9-12,14,20H,6-8,13H2,1-5H3,(H,19,21). The second-order valence-corrected chi connectivity index (χ2v) is 6.69. The highest BCUT2D eigenvalue weighted by atomic mass is 16.2. The zero-order valence-electron chi connectivity index (χ0n) is 14.1. The largest absolute Gasteiger partial charge is 0.374 e. The summed E-state index contributed by atoms with van der Waals surface area (Å²) in [7, 11) is 0. The van der Waals surface area contributed by atoms with Gasteiger partial charge in [0.15, 0.2) is 0 Å². The highest BCUT2D eigenvalue weighted by molar-refractivity contribution is 5.84. The maximum absolute atomic E-state index is 12.0. The van der Waals surface area contributed by atoms with Crippen molar-refractivity contribution in [3.8, 4) is 0 Å². The van der Waals surface area contributed by atoms with Crippen LogP contribution >= 0.6 is 0 Å². The molecule has 1 aromatic rings. The summed E-state index contributed by atoms with van der Waals surface area (Å²) in [6, 6.07) is 8.11. The monoisotopic (exact) mass is 290 g/mol. The minimum atomic E-state index is -0.216. The van der Waals surface area contributed by atoms with Gasteiger partial charge in [-0.2, -0.15) is 0 Å². The Morgan fingerprint density at radius 1 is 1.14 bits per heavy atom. The number of nitrogens with one attached hydrogen (secondary N) is 2. The number of hydrogen-bond donors (Lipinski definition) is 2. The van der Waals surface area contributed by atoms with E-state index >= 15 is 0 Å². The Morgan fingerprint density at radius 3 is 2.29 bits per heavy atom. The highest BCUT2D eigenvalue weighted by Gasteiger charge is 2.14. The molecular weight excluding hydrogens is 260 g/mol. The second kappa shape index (κ2) is 8.06. The van der Waals surface area contributed by atoms with E-state index in [-0.39, 0.29) is 17.4 Å². The predicted molar refractivity (Wildman–Crippen MR) is 90.8 cm³/mol. The van der Waals surface area contributed by atoms with Gasteiger partial charge in [-0.25, -0.2) is 0 Å². The van der Waals surface area contributed by atoms with Gasteiger partial charge in [-0.1, -0.05) is 52.7 Å². The third-order valence-electron chi connectivity index (χ3n) is 3.61. The quantitative estimate of drug-likeness (QED) is 0.743. The summed E-state index contributed by atoms with van der Waals surface area (Å²) in [5.74, 6) is 0.0611. The van der Waals surface area contributed by atoms with Gasteiger partial charge in [0.1, 0.15) is 6.04 Å². The lowest BCUT2D eigenvalue weighted by Crippen LogP contribution is -2.38. The van der Waals surface area contributed by atoms with E-state index in [1.165, 1.54) is 12.0 Å². The first-order chi connectivity index (χ1) is 9.84. The number of carbonyl (C=O) groups is 1. The van der Waals surface area contributed by atoms with Gasteiger partial charge in [0.25, 0.3) is 0 Å². The Kier molecular flexibility index (Phi) is 6.73.